The minimum Gasteiger partial charge on any atom is -0.360 e. The van der Waals surface area contributed by atoms with Crippen LogP contribution in [0.3, 0.4) is 0 Å². The number of aromatic nitrogens is 4. The summed E-state index contributed by atoms with van der Waals surface area (Å²) in [5.41, 5.74) is 3.20. The molecule has 1 aromatic carbocycles. The quantitative estimate of drug-likeness (QED) is 0.699. The zero-order valence-corrected chi connectivity index (χ0v) is 17.8. The Morgan fingerprint density at radius 3 is 2.77 bits per heavy atom. The molecule has 8 nitrogen and oxygen atoms in total. The van der Waals surface area contributed by atoms with Gasteiger partial charge in [-0.2, -0.15) is 5.10 Å². The first kappa shape index (κ1) is 19.8. The summed E-state index contributed by atoms with van der Waals surface area (Å²) in [6.45, 7) is 3.36. The van der Waals surface area contributed by atoms with Gasteiger partial charge in [0.15, 0.2) is 5.69 Å². The number of nitrogens with one attached hydrogen (secondary N) is 1. The number of H-pyrrole nitrogens is 1. The third-order valence-electron chi connectivity index (χ3n) is 6.62. The molecule has 2 aliphatic rings. The van der Waals surface area contributed by atoms with E-state index in [9.17, 15) is 9.59 Å². The number of carbonyl (C=O) groups excluding carboxylic acids is 1. The first-order chi connectivity index (χ1) is 15.1. The van der Waals surface area contributed by atoms with Gasteiger partial charge in [0.1, 0.15) is 11.6 Å². The van der Waals surface area contributed by atoms with Gasteiger partial charge < -0.3 is 9.42 Å². The zero-order valence-electron chi connectivity index (χ0n) is 17.8. The molecular weight excluding hydrogens is 394 g/mol. The van der Waals surface area contributed by atoms with Crippen molar-refractivity contribution in [2.45, 2.75) is 51.9 Å². The Labute approximate surface area is 180 Å². The van der Waals surface area contributed by atoms with Gasteiger partial charge in [0.25, 0.3) is 5.91 Å². The molecule has 1 saturated heterocycles. The van der Waals surface area contributed by atoms with Crippen molar-refractivity contribution in [2.24, 2.45) is 5.92 Å². The van der Waals surface area contributed by atoms with Crippen molar-refractivity contribution < 1.29 is 9.32 Å². The molecule has 31 heavy (non-hydrogen) atoms. The first-order valence-electron chi connectivity index (χ1n) is 11.1. The van der Waals surface area contributed by atoms with Crippen LogP contribution in [0.15, 0.2) is 33.6 Å². The molecule has 0 saturated carbocycles. The van der Waals surface area contributed by atoms with Gasteiger partial charge in [-0.15, -0.1) is 0 Å². The molecule has 8 heteroatoms. The van der Waals surface area contributed by atoms with Gasteiger partial charge in [-0.1, -0.05) is 23.4 Å². The Morgan fingerprint density at radius 1 is 1.19 bits per heavy atom. The minimum atomic E-state index is -0.215. The lowest BCUT2D eigenvalue weighted by Gasteiger charge is -2.31. The van der Waals surface area contributed by atoms with Gasteiger partial charge in [-0.3, -0.25) is 4.79 Å². The van der Waals surface area contributed by atoms with Crippen molar-refractivity contribution in [3.05, 3.63) is 63.2 Å². The fraction of sp³-hybridized carbons (Fsp3) is 0.478. The lowest BCUT2D eigenvalue weighted by Crippen LogP contribution is -2.39. The summed E-state index contributed by atoms with van der Waals surface area (Å²) in [4.78, 5) is 27.3. The van der Waals surface area contributed by atoms with Crippen molar-refractivity contribution >= 4 is 5.91 Å². The van der Waals surface area contributed by atoms with Crippen LogP contribution in [0, 0.1) is 12.8 Å². The molecule has 0 bridgehead atoms. The summed E-state index contributed by atoms with van der Waals surface area (Å²) in [6.07, 6.45) is 6.40. The summed E-state index contributed by atoms with van der Waals surface area (Å²) in [6, 6.07) is 7.82. The molecule has 2 aromatic heterocycles. The number of hydrogen-bond acceptors (Lipinski definition) is 5. The number of fused-ring (bicyclic) bond motifs is 1. The van der Waals surface area contributed by atoms with E-state index in [1.807, 2.05) is 36.1 Å². The summed E-state index contributed by atoms with van der Waals surface area (Å²) >= 11 is 0. The van der Waals surface area contributed by atoms with Crippen LogP contribution in [0.25, 0.3) is 5.69 Å². The highest BCUT2D eigenvalue weighted by molar-refractivity contribution is 5.94. The molecule has 3 aromatic rings. The van der Waals surface area contributed by atoms with Gasteiger partial charge in [0.2, 0.25) is 0 Å². The van der Waals surface area contributed by atoms with Crippen LogP contribution in [0.1, 0.15) is 58.9 Å². The third-order valence-corrected chi connectivity index (χ3v) is 6.62. The maximum absolute atomic E-state index is 13.0. The summed E-state index contributed by atoms with van der Waals surface area (Å²) in [5.74, 6) is 1.99. The van der Waals surface area contributed by atoms with Crippen molar-refractivity contribution in [2.75, 3.05) is 13.1 Å². The highest BCUT2D eigenvalue weighted by Crippen LogP contribution is 2.27. The van der Waals surface area contributed by atoms with Crippen LogP contribution in [0.2, 0.25) is 0 Å². The van der Waals surface area contributed by atoms with Gasteiger partial charge in [0.05, 0.1) is 5.69 Å². The Hall–Kier alpha value is -3.16. The topological polar surface area (TPSA) is 97.0 Å². The van der Waals surface area contributed by atoms with Crippen LogP contribution < -0.4 is 5.69 Å². The zero-order chi connectivity index (χ0) is 21.4. The Morgan fingerprint density at radius 2 is 1.97 bits per heavy atom. The van der Waals surface area contributed by atoms with Crippen LogP contribution in [0.5, 0.6) is 0 Å². The number of hydrogen-bond donors (Lipinski definition) is 1. The van der Waals surface area contributed by atoms with Gasteiger partial charge in [-0.05, 0) is 56.6 Å². The van der Waals surface area contributed by atoms with Gasteiger partial charge in [-0.25, -0.2) is 14.5 Å². The van der Waals surface area contributed by atoms with Crippen LogP contribution in [-0.4, -0.2) is 43.8 Å². The van der Waals surface area contributed by atoms with Crippen molar-refractivity contribution in [3.8, 4) is 5.69 Å². The Bertz CT molecular complexity index is 1150. The van der Waals surface area contributed by atoms with E-state index in [-0.39, 0.29) is 11.6 Å². The second-order valence-corrected chi connectivity index (χ2v) is 8.65. The van der Waals surface area contributed by atoms with Crippen LogP contribution in [0.4, 0.5) is 0 Å². The number of nitrogens with zero attached hydrogens (tertiary/aromatic N) is 4. The van der Waals surface area contributed by atoms with Crippen LogP contribution >= 0.6 is 0 Å². The standard InChI is InChI=1S/C23H27N5O3/c1-15-6-2-4-8-18(15)28-20(24-25-23(28)30)14-16-10-12-27(13-11-16)22(29)21-17-7-3-5-9-19(17)31-26-21/h2,4,6,8,16H,3,5,7,9-14H2,1H3,(H,25,30). The predicted molar refractivity (Wildman–Crippen MR) is 114 cm³/mol. The van der Waals surface area contributed by atoms with Crippen LogP contribution in [-0.2, 0) is 19.3 Å². The van der Waals surface area contributed by atoms with E-state index in [2.05, 4.69) is 15.4 Å². The SMILES string of the molecule is Cc1ccccc1-n1c(CC2CCN(C(=O)c3noc4c3CCCC4)CC2)n[nH]c1=O. The second kappa shape index (κ2) is 8.17. The van der Waals surface area contributed by atoms with E-state index in [0.29, 0.717) is 31.1 Å². The summed E-state index contributed by atoms with van der Waals surface area (Å²) in [5, 5.41) is 11.0. The number of piperidine rings is 1. The minimum absolute atomic E-state index is 0.0121. The number of benzene rings is 1. The molecule has 3 heterocycles. The third kappa shape index (κ3) is 3.71. The van der Waals surface area contributed by atoms with E-state index in [4.69, 9.17) is 4.52 Å². The average molecular weight is 422 g/mol. The fourth-order valence-electron chi connectivity index (χ4n) is 4.83. The van der Waals surface area contributed by atoms with E-state index < -0.39 is 0 Å². The van der Waals surface area contributed by atoms with Gasteiger partial charge >= 0.3 is 5.69 Å². The normalized spacial score (nSPS) is 17.0. The maximum atomic E-state index is 13.0. The molecule has 1 fully saturated rings. The molecule has 1 aliphatic heterocycles. The number of para-hydroxylation sites is 1. The largest absolute Gasteiger partial charge is 0.360 e. The number of rotatable bonds is 4. The molecule has 0 atom stereocenters. The summed E-state index contributed by atoms with van der Waals surface area (Å²) < 4.78 is 7.10. The van der Waals surface area contributed by atoms with E-state index in [1.165, 1.54) is 0 Å². The molecule has 162 valence electrons. The fourth-order valence-corrected chi connectivity index (χ4v) is 4.83. The first-order valence-corrected chi connectivity index (χ1v) is 11.1. The Kier molecular flexibility index (Phi) is 5.21. The molecular formula is C23H27N5O3. The molecule has 0 radical (unpaired) electrons. The molecule has 1 amide bonds. The van der Waals surface area contributed by atoms with Crippen molar-refractivity contribution in [3.63, 3.8) is 0 Å². The highest BCUT2D eigenvalue weighted by Gasteiger charge is 2.30. The lowest BCUT2D eigenvalue weighted by molar-refractivity contribution is 0.0678. The van der Waals surface area contributed by atoms with E-state index in [1.54, 1.807) is 4.57 Å². The average Bonchev–Trinajstić information content (AvgIpc) is 3.38. The van der Waals surface area contributed by atoms with E-state index in [0.717, 1.165) is 66.9 Å². The smallest absolute Gasteiger partial charge is 0.347 e. The molecule has 5 rings (SSSR count). The molecule has 1 aliphatic carbocycles. The number of carbonyl (C=O) groups is 1. The second-order valence-electron chi connectivity index (χ2n) is 8.65. The van der Waals surface area contributed by atoms with Crippen molar-refractivity contribution in [1.29, 1.82) is 0 Å². The van der Waals surface area contributed by atoms with Gasteiger partial charge in [0, 0.05) is 31.5 Å². The molecule has 1 N–H and O–H groups in total. The Balaban J connectivity index is 1.26. The highest BCUT2D eigenvalue weighted by atomic mass is 16.5. The molecule has 0 unspecified atom stereocenters. The predicted octanol–water partition coefficient (Wildman–Crippen LogP) is 2.83. The number of amides is 1. The number of aryl methyl sites for hydroxylation is 2. The maximum Gasteiger partial charge on any atom is 0.347 e. The van der Waals surface area contributed by atoms with Crippen molar-refractivity contribution in [1.82, 2.24) is 24.8 Å². The summed E-state index contributed by atoms with van der Waals surface area (Å²) in [7, 11) is 0. The number of likely N-dealkylation sites (tertiary alicyclic amines) is 1. The molecule has 0 spiro atoms. The van der Waals surface area contributed by atoms with E-state index >= 15 is 0 Å². The monoisotopic (exact) mass is 421 g/mol. The lowest BCUT2D eigenvalue weighted by atomic mass is 9.92. The number of aromatic amines is 1.